The fraction of sp³-hybridized carbons (Fsp3) is 0.0476. The van der Waals surface area contributed by atoms with Crippen LogP contribution in [-0.4, -0.2) is 37.7 Å². The highest BCUT2D eigenvalue weighted by atomic mass is 32.2. The van der Waals surface area contributed by atoms with Crippen molar-refractivity contribution in [2.45, 2.75) is 4.90 Å². The molecule has 0 bridgehead atoms. The number of ether oxygens (including phenoxy) is 1. The third-order valence-electron chi connectivity index (χ3n) is 4.24. The van der Waals surface area contributed by atoms with Crippen molar-refractivity contribution in [3.05, 3.63) is 77.9 Å². The highest BCUT2D eigenvalue weighted by Gasteiger charge is 2.18. The van der Waals surface area contributed by atoms with Crippen LogP contribution in [0.5, 0.6) is 5.75 Å². The number of aromatic hydroxyl groups is 1. The Balaban J connectivity index is 1.91. The van der Waals surface area contributed by atoms with Gasteiger partial charge >= 0.3 is 11.9 Å². The van der Waals surface area contributed by atoms with Gasteiger partial charge in [-0.3, -0.25) is 4.72 Å². The summed E-state index contributed by atoms with van der Waals surface area (Å²) in [6.07, 6.45) is 0. The lowest BCUT2D eigenvalue weighted by Gasteiger charge is -2.11. The van der Waals surface area contributed by atoms with E-state index in [2.05, 4.69) is 9.46 Å². The molecule has 0 atom stereocenters. The fourth-order valence-corrected chi connectivity index (χ4v) is 3.86. The number of hydrogen-bond donors (Lipinski definition) is 3. The maximum absolute atomic E-state index is 12.8. The summed E-state index contributed by atoms with van der Waals surface area (Å²) in [7, 11) is -2.86. The first-order chi connectivity index (χ1) is 14.2. The summed E-state index contributed by atoms with van der Waals surface area (Å²) in [5.41, 5.74) is 1.11. The molecule has 0 amide bonds. The summed E-state index contributed by atoms with van der Waals surface area (Å²) in [6, 6.07) is 15.8. The number of phenols is 1. The number of benzene rings is 3. The van der Waals surface area contributed by atoms with Gasteiger partial charge in [-0.05, 0) is 47.5 Å². The summed E-state index contributed by atoms with van der Waals surface area (Å²) in [5.74, 6) is -2.27. The van der Waals surface area contributed by atoms with Crippen LogP contribution in [0.4, 0.5) is 5.69 Å². The molecule has 0 aliphatic carbocycles. The second-order valence-electron chi connectivity index (χ2n) is 6.24. The number of hydrogen-bond acceptors (Lipinski definition) is 6. The van der Waals surface area contributed by atoms with E-state index in [0.717, 1.165) is 13.2 Å². The van der Waals surface area contributed by atoms with Crippen LogP contribution < -0.4 is 4.72 Å². The van der Waals surface area contributed by atoms with Crippen molar-refractivity contribution in [3.8, 4) is 16.9 Å². The van der Waals surface area contributed by atoms with Gasteiger partial charge in [-0.1, -0.05) is 24.3 Å². The van der Waals surface area contributed by atoms with Gasteiger partial charge in [0.05, 0.1) is 23.3 Å². The SMILES string of the molecule is COC(=O)c1ccc(NS(=O)(=O)c2cccc(-c3cccc(C(=O)O)c3)c2)cc1O. The molecule has 0 spiro atoms. The monoisotopic (exact) mass is 427 g/mol. The third kappa shape index (κ3) is 4.41. The molecule has 0 fully saturated rings. The Morgan fingerprint density at radius 3 is 2.23 bits per heavy atom. The Morgan fingerprint density at radius 1 is 0.933 bits per heavy atom. The summed E-state index contributed by atoms with van der Waals surface area (Å²) < 4.78 is 32.4. The lowest BCUT2D eigenvalue weighted by molar-refractivity contribution is 0.0596. The molecule has 3 N–H and O–H groups in total. The van der Waals surface area contributed by atoms with Gasteiger partial charge in [0.1, 0.15) is 11.3 Å². The third-order valence-corrected chi connectivity index (χ3v) is 5.62. The zero-order valence-electron chi connectivity index (χ0n) is 15.7. The summed E-state index contributed by atoms with van der Waals surface area (Å²) in [4.78, 5) is 22.6. The molecule has 0 saturated carbocycles. The highest BCUT2D eigenvalue weighted by Crippen LogP contribution is 2.27. The van der Waals surface area contributed by atoms with Crippen molar-refractivity contribution >= 4 is 27.6 Å². The maximum Gasteiger partial charge on any atom is 0.341 e. The van der Waals surface area contributed by atoms with Crippen LogP contribution in [0.1, 0.15) is 20.7 Å². The molecule has 3 aromatic rings. The molecule has 0 aromatic heterocycles. The van der Waals surface area contributed by atoms with Gasteiger partial charge in [-0.25, -0.2) is 18.0 Å². The Hall–Kier alpha value is -3.85. The molecule has 0 unspecified atom stereocenters. The number of esters is 1. The molecule has 3 rings (SSSR count). The zero-order valence-corrected chi connectivity index (χ0v) is 16.5. The number of carbonyl (C=O) groups is 2. The van der Waals surface area contributed by atoms with Crippen molar-refractivity contribution < 1.29 is 33.0 Å². The average Bonchev–Trinajstić information content (AvgIpc) is 2.73. The first-order valence-corrected chi connectivity index (χ1v) is 10.1. The Morgan fingerprint density at radius 2 is 1.60 bits per heavy atom. The topological polar surface area (TPSA) is 130 Å². The number of carboxylic acids is 1. The minimum absolute atomic E-state index is 0.0541. The van der Waals surface area contributed by atoms with Crippen LogP contribution in [0.25, 0.3) is 11.1 Å². The Labute approximate surface area is 172 Å². The van der Waals surface area contributed by atoms with Crippen LogP contribution in [0.2, 0.25) is 0 Å². The standard InChI is InChI=1S/C21H17NO7S/c1-29-21(26)18-9-8-16(12-19(18)23)22-30(27,28)17-7-3-5-14(11-17)13-4-2-6-15(10-13)20(24)25/h2-12,22-23H,1H3,(H,24,25). The Kier molecular flexibility index (Phi) is 5.74. The molecular formula is C21H17NO7S. The molecule has 3 aromatic carbocycles. The van der Waals surface area contributed by atoms with E-state index in [0.29, 0.717) is 11.1 Å². The normalized spacial score (nSPS) is 11.0. The number of methoxy groups -OCH3 is 1. The molecule has 8 nitrogen and oxygen atoms in total. The van der Waals surface area contributed by atoms with E-state index in [1.54, 1.807) is 18.2 Å². The van der Waals surface area contributed by atoms with Crippen LogP contribution in [0.15, 0.2) is 71.6 Å². The summed E-state index contributed by atoms with van der Waals surface area (Å²) >= 11 is 0. The molecule has 9 heteroatoms. The number of sulfonamides is 1. The molecule has 0 radical (unpaired) electrons. The molecule has 30 heavy (non-hydrogen) atoms. The van der Waals surface area contributed by atoms with Crippen LogP contribution >= 0.6 is 0 Å². The van der Waals surface area contributed by atoms with Gasteiger partial charge in [0, 0.05) is 6.07 Å². The number of aromatic carboxylic acids is 1. The molecule has 0 heterocycles. The van der Waals surface area contributed by atoms with Crippen LogP contribution in [-0.2, 0) is 14.8 Å². The van der Waals surface area contributed by atoms with Gasteiger partial charge < -0.3 is 14.9 Å². The number of carboxylic acid groups (broad SMARTS) is 1. The van der Waals surface area contributed by atoms with E-state index in [1.165, 1.54) is 42.5 Å². The van der Waals surface area contributed by atoms with E-state index >= 15 is 0 Å². The number of nitrogens with one attached hydrogen (secondary N) is 1. The number of anilines is 1. The second-order valence-corrected chi connectivity index (χ2v) is 7.93. The smallest absolute Gasteiger partial charge is 0.341 e. The second kappa shape index (κ2) is 8.26. The van der Waals surface area contributed by atoms with E-state index in [4.69, 9.17) is 5.11 Å². The van der Waals surface area contributed by atoms with E-state index in [-0.39, 0.29) is 21.7 Å². The predicted octanol–water partition coefficient (Wildman–Crippen LogP) is 3.34. The number of carbonyl (C=O) groups excluding carboxylic acids is 1. The largest absolute Gasteiger partial charge is 0.507 e. The summed E-state index contributed by atoms with van der Waals surface area (Å²) in [5, 5.41) is 19.1. The van der Waals surface area contributed by atoms with Crippen LogP contribution in [0, 0.1) is 0 Å². The summed E-state index contributed by atoms with van der Waals surface area (Å²) in [6.45, 7) is 0. The highest BCUT2D eigenvalue weighted by molar-refractivity contribution is 7.92. The van der Waals surface area contributed by atoms with E-state index in [9.17, 15) is 23.1 Å². The van der Waals surface area contributed by atoms with Gasteiger partial charge in [0.15, 0.2) is 0 Å². The quantitative estimate of drug-likeness (QED) is 0.514. The van der Waals surface area contributed by atoms with Crippen LogP contribution in [0.3, 0.4) is 0 Å². The zero-order chi connectivity index (χ0) is 21.9. The van der Waals surface area contributed by atoms with Crippen molar-refractivity contribution in [2.24, 2.45) is 0 Å². The molecular weight excluding hydrogens is 410 g/mol. The molecule has 154 valence electrons. The first-order valence-electron chi connectivity index (χ1n) is 8.59. The first kappa shape index (κ1) is 20.9. The van der Waals surface area contributed by atoms with Crippen molar-refractivity contribution in [1.82, 2.24) is 0 Å². The minimum atomic E-state index is -4.02. The fourth-order valence-electron chi connectivity index (χ4n) is 2.77. The van der Waals surface area contributed by atoms with E-state index in [1.807, 2.05) is 0 Å². The number of phenolic OH excluding ortho intramolecular Hbond substituents is 1. The van der Waals surface area contributed by atoms with Crippen molar-refractivity contribution in [3.63, 3.8) is 0 Å². The molecule has 0 saturated heterocycles. The van der Waals surface area contributed by atoms with Gasteiger partial charge in [0.25, 0.3) is 10.0 Å². The van der Waals surface area contributed by atoms with Gasteiger partial charge in [0.2, 0.25) is 0 Å². The Bertz CT molecular complexity index is 1240. The van der Waals surface area contributed by atoms with Gasteiger partial charge in [-0.15, -0.1) is 0 Å². The lowest BCUT2D eigenvalue weighted by Crippen LogP contribution is -2.13. The minimum Gasteiger partial charge on any atom is -0.507 e. The average molecular weight is 427 g/mol. The van der Waals surface area contributed by atoms with E-state index < -0.39 is 27.7 Å². The van der Waals surface area contributed by atoms with Crippen molar-refractivity contribution in [1.29, 1.82) is 0 Å². The predicted molar refractivity (Wildman–Crippen MR) is 109 cm³/mol. The lowest BCUT2D eigenvalue weighted by atomic mass is 10.0. The molecule has 0 aliphatic heterocycles. The van der Waals surface area contributed by atoms with Gasteiger partial charge in [-0.2, -0.15) is 0 Å². The van der Waals surface area contributed by atoms with Crippen molar-refractivity contribution in [2.75, 3.05) is 11.8 Å². The maximum atomic E-state index is 12.8. The molecule has 0 aliphatic rings. The number of rotatable bonds is 6.